The van der Waals surface area contributed by atoms with Gasteiger partial charge in [0, 0.05) is 0 Å². The monoisotopic (exact) mass is 235 g/mol. The summed E-state index contributed by atoms with van der Waals surface area (Å²) in [4.78, 5) is 11.6. The van der Waals surface area contributed by atoms with Gasteiger partial charge in [0.15, 0.2) is 0 Å². The Balaban J connectivity index is 2.65. The lowest BCUT2D eigenvalue weighted by molar-refractivity contribution is -0.138. The summed E-state index contributed by atoms with van der Waals surface area (Å²) in [6, 6.07) is 2.01. The first-order chi connectivity index (χ1) is 8.22. The van der Waals surface area contributed by atoms with Crippen molar-refractivity contribution in [3.05, 3.63) is 11.1 Å². The van der Waals surface area contributed by atoms with Crippen molar-refractivity contribution < 1.29 is 9.53 Å². The quantitative estimate of drug-likeness (QED) is 0.426. The van der Waals surface area contributed by atoms with Crippen LogP contribution in [0.4, 0.5) is 0 Å². The molecule has 0 aromatic rings. The zero-order valence-corrected chi connectivity index (χ0v) is 10.8. The smallest absolute Gasteiger partial charge is 0.348 e. The Morgan fingerprint density at radius 1 is 1.41 bits per heavy atom. The van der Waals surface area contributed by atoms with E-state index in [-0.39, 0.29) is 5.57 Å². The first-order valence-corrected chi connectivity index (χ1v) is 6.52. The predicted molar refractivity (Wildman–Crippen MR) is 66.1 cm³/mol. The number of rotatable bonds is 4. The summed E-state index contributed by atoms with van der Waals surface area (Å²) < 4.78 is 4.90. The molecular weight excluding hydrogens is 214 g/mol. The van der Waals surface area contributed by atoms with Crippen molar-refractivity contribution in [2.45, 2.75) is 52.4 Å². The van der Waals surface area contributed by atoms with Crippen molar-refractivity contribution in [3.63, 3.8) is 0 Å². The Hall–Kier alpha value is -1.30. The van der Waals surface area contributed by atoms with Crippen LogP contribution in [0.5, 0.6) is 0 Å². The van der Waals surface area contributed by atoms with Crippen LogP contribution < -0.4 is 0 Å². The maximum Gasteiger partial charge on any atom is 0.348 e. The van der Waals surface area contributed by atoms with Crippen molar-refractivity contribution in [2.75, 3.05) is 6.61 Å². The average molecular weight is 235 g/mol. The lowest BCUT2D eigenvalue weighted by atomic mass is 9.82. The summed E-state index contributed by atoms with van der Waals surface area (Å²) in [6.45, 7) is 4.29. The molecule has 0 unspecified atom stereocenters. The third-order valence-electron chi connectivity index (χ3n) is 3.35. The van der Waals surface area contributed by atoms with E-state index in [4.69, 9.17) is 10.00 Å². The zero-order chi connectivity index (χ0) is 12.7. The number of nitrogens with zero attached hydrogens (tertiary/aromatic N) is 1. The lowest BCUT2D eigenvalue weighted by Gasteiger charge is -2.23. The maximum atomic E-state index is 11.6. The van der Waals surface area contributed by atoms with Crippen LogP contribution in [0.25, 0.3) is 0 Å². The van der Waals surface area contributed by atoms with Gasteiger partial charge in [0.2, 0.25) is 0 Å². The second-order valence-electron chi connectivity index (χ2n) is 4.54. The van der Waals surface area contributed by atoms with E-state index in [0.717, 1.165) is 37.2 Å². The number of nitriles is 1. The maximum absolute atomic E-state index is 11.6. The van der Waals surface area contributed by atoms with Crippen molar-refractivity contribution in [2.24, 2.45) is 5.92 Å². The minimum absolute atomic E-state index is 0.252. The van der Waals surface area contributed by atoms with Crippen molar-refractivity contribution in [1.29, 1.82) is 5.26 Å². The van der Waals surface area contributed by atoms with E-state index in [0.29, 0.717) is 6.61 Å². The fourth-order valence-electron chi connectivity index (χ4n) is 2.45. The Bertz CT molecular complexity index is 329. The summed E-state index contributed by atoms with van der Waals surface area (Å²) >= 11 is 0. The molecule has 0 saturated heterocycles. The van der Waals surface area contributed by atoms with Crippen LogP contribution in [-0.2, 0) is 9.53 Å². The summed E-state index contributed by atoms with van der Waals surface area (Å²) in [5.74, 6) is 0.324. The highest BCUT2D eigenvalue weighted by molar-refractivity contribution is 5.93. The van der Waals surface area contributed by atoms with Gasteiger partial charge in [-0.25, -0.2) is 4.79 Å². The second-order valence-corrected chi connectivity index (χ2v) is 4.54. The second kappa shape index (κ2) is 7.11. The minimum atomic E-state index is -0.445. The van der Waals surface area contributed by atoms with Crippen molar-refractivity contribution in [1.82, 2.24) is 0 Å². The Kier molecular flexibility index (Phi) is 5.76. The van der Waals surface area contributed by atoms with Crippen LogP contribution in [0.3, 0.4) is 0 Å². The highest BCUT2D eigenvalue weighted by Crippen LogP contribution is 2.32. The molecule has 1 saturated carbocycles. The normalized spacial score (nSPS) is 19.6. The predicted octanol–water partition coefficient (Wildman–Crippen LogP) is 3.36. The fourth-order valence-corrected chi connectivity index (χ4v) is 2.45. The molecule has 0 spiro atoms. The van der Waals surface area contributed by atoms with Gasteiger partial charge in [0.25, 0.3) is 0 Å². The third-order valence-corrected chi connectivity index (χ3v) is 3.35. The molecule has 1 aliphatic rings. The first-order valence-electron chi connectivity index (χ1n) is 6.52. The molecule has 0 aromatic heterocycles. The Labute approximate surface area is 103 Å². The number of hydrogen-bond donors (Lipinski definition) is 0. The van der Waals surface area contributed by atoms with Crippen LogP contribution in [0.2, 0.25) is 0 Å². The van der Waals surface area contributed by atoms with Crippen LogP contribution >= 0.6 is 0 Å². The van der Waals surface area contributed by atoms with Crippen LogP contribution in [0.1, 0.15) is 52.4 Å². The largest absolute Gasteiger partial charge is 0.462 e. The number of allylic oxidation sites excluding steroid dienone is 1. The third kappa shape index (κ3) is 3.89. The highest BCUT2D eigenvalue weighted by Gasteiger charge is 2.22. The molecule has 0 atom stereocenters. The van der Waals surface area contributed by atoms with Gasteiger partial charge in [-0.05, 0) is 44.1 Å². The summed E-state index contributed by atoms with van der Waals surface area (Å²) in [6.07, 6.45) is 6.45. The molecule has 3 heteroatoms. The number of carbonyl (C=O) groups is 1. The topological polar surface area (TPSA) is 50.1 Å². The van der Waals surface area contributed by atoms with E-state index < -0.39 is 5.97 Å². The number of carbonyl (C=O) groups excluding carboxylic acids is 1. The van der Waals surface area contributed by atoms with Gasteiger partial charge in [-0.1, -0.05) is 19.8 Å². The molecule has 94 valence electrons. The zero-order valence-electron chi connectivity index (χ0n) is 10.8. The first kappa shape index (κ1) is 13.8. The van der Waals surface area contributed by atoms with Crippen LogP contribution in [-0.4, -0.2) is 12.6 Å². The van der Waals surface area contributed by atoms with E-state index in [1.54, 1.807) is 6.92 Å². The molecule has 0 N–H and O–H groups in total. The van der Waals surface area contributed by atoms with E-state index >= 15 is 0 Å². The van der Waals surface area contributed by atoms with Gasteiger partial charge in [-0.3, -0.25) is 0 Å². The van der Waals surface area contributed by atoms with Crippen molar-refractivity contribution in [3.8, 4) is 6.07 Å². The van der Waals surface area contributed by atoms with Crippen molar-refractivity contribution >= 4 is 5.97 Å². The molecule has 1 fully saturated rings. The number of ether oxygens (including phenoxy) is 1. The number of hydrogen-bond acceptors (Lipinski definition) is 3. The van der Waals surface area contributed by atoms with Gasteiger partial charge < -0.3 is 4.74 Å². The van der Waals surface area contributed by atoms with Gasteiger partial charge in [0.05, 0.1) is 6.61 Å². The van der Waals surface area contributed by atoms with E-state index in [9.17, 15) is 4.79 Å². The molecule has 0 bridgehead atoms. The lowest BCUT2D eigenvalue weighted by Crippen LogP contribution is -2.14. The van der Waals surface area contributed by atoms with E-state index in [2.05, 4.69) is 6.92 Å². The van der Waals surface area contributed by atoms with Crippen LogP contribution in [0.15, 0.2) is 11.1 Å². The van der Waals surface area contributed by atoms with Gasteiger partial charge in [-0.15, -0.1) is 0 Å². The number of esters is 1. The van der Waals surface area contributed by atoms with Crippen LogP contribution in [0, 0.1) is 17.2 Å². The Morgan fingerprint density at radius 2 is 2.06 bits per heavy atom. The summed E-state index contributed by atoms with van der Waals surface area (Å²) in [5.41, 5.74) is 1.25. The molecule has 0 radical (unpaired) electrons. The minimum Gasteiger partial charge on any atom is -0.462 e. The van der Waals surface area contributed by atoms with E-state index in [1.165, 1.54) is 12.8 Å². The highest BCUT2D eigenvalue weighted by atomic mass is 16.5. The molecule has 1 aliphatic carbocycles. The molecule has 1 rings (SSSR count). The standard InChI is InChI=1S/C14H21NO2/c1-3-5-11-6-8-12(9-7-11)13(10-15)14(16)17-4-2/h11H,3-9H2,1-2H3. The van der Waals surface area contributed by atoms with Gasteiger partial charge in [0.1, 0.15) is 11.6 Å². The Morgan fingerprint density at radius 3 is 2.53 bits per heavy atom. The summed E-state index contributed by atoms with van der Waals surface area (Å²) in [7, 11) is 0. The molecule has 0 aliphatic heterocycles. The average Bonchev–Trinajstić information content (AvgIpc) is 2.33. The molecule has 3 nitrogen and oxygen atoms in total. The molecular formula is C14H21NO2. The molecule has 17 heavy (non-hydrogen) atoms. The van der Waals surface area contributed by atoms with Gasteiger partial charge >= 0.3 is 5.97 Å². The molecule has 0 amide bonds. The van der Waals surface area contributed by atoms with Gasteiger partial charge in [-0.2, -0.15) is 5.26 Å². The van der Waals surface area contributed by atoms with E-state index in [1.807, 2.05) is 6.07 Å². The summed E-state index contributed by atoms with van der Waals surface area (Å²) in [5, 5.41) is 9.04. The molecule has 0 heterocycles. The molecule has 0 aromatic carbocycles. The SMILES string of the molecule is CCCC1CCC(=C(C#N)C(=O)OCC)CC1. The fraction of sp³-hybridized carbons (Fsp3) is 0.714.